The van der Waals surface area contributed by atoms with Gasteiger partial charge in [-0.2, -0.15) is 0 Å². The highest BCUT2D eigenvalue weighted by atomic mass is 32.2. The van der Waals surface area contributed by atoms with Crippen LogP contribution in [0.2, 0.25) is 0 Å². The van der Waals surface area contributed by atoms with E-state index >= 15 is 0 Å². The highest BCUT2D eigenvalue weighted by Gasteiger charge is 2.50. The van der Waals surface area contributed by atoms with E-state index in [2.05, 4.69) is 0 Å². The summed E-state index contributed by atoms with van der Waals surface area (Å²) in [5.41, 5.74) is 0. The zero-order valence-corrected chi connectivity index (χ0v) is 13.9. The van der Waals surface area contributed by atoms with Crippen molar-refractivity contribution in [3.8, 4) is 0 Å². The molecule has 0 amide bonds. The molecular formula is C12H23NO11S. The Morgan fingerprint density at radius 1 is 1.16 bits per heavy atom. The summed E-state index contributed by atoms with van der Waals surface area (Å²) in [5, 5.41) is 58.4. The van der Waals surface area contributed by atoms with Crippen LogP contribution in [0.5, 0.6) is 0 Å². The third-order valence-corrected chi connectivity index (χ3v) is 4.53. The minimum Gasteiger partial charge on any atom is -0.394 e. The van der Waals surface area contributed by atoms with E-state index in [1.54, 1.807) is 0 Å². The lowest BCUT2D eigenvalue weighted by Crippen LogP contribution is -2.65. The van der Waals surface area contributed by atoms with Gasteiger partial charge in [0.1, 0.15) is 24.4 Å². The van der Waals surface area contributed by atoms with Gasteiger partial charge in [0.05, 0.1) is 31.8 Å². The topological polar surface area (TPSA) is 195 Å². The van der Waals surface area contributed by atoms with Gasteiger partial charge in [-0.05, 0) is 0 Å². The molecule has 0 bridgehead atoms. The van der Waals surface area contributed by atoms with E-state index in [1.807, 2.05) is 4.72 Å². The molecule has 0 aliphatic carbocycles. The normalized spacial score (nSPS) is 45.6. The highest BCUT2D eigenvalue weighted by Crippen LogP contribution is 2.32. The number of aliphatic hydroxyl groups excluding tert-OH is 5. The Labute approximate surface area is 144 Å². The lowest BCUT2D eigenvalue weighted by Gasteiger charge is -2.46. The van der Waals surface area contributed by atoms with Gasteiger partial charge in [-0.3, -0.25) is 4.74 Å². The largest absolute Gasteiger partial charge is 0.394 e. The van der Waals surface area contributed by atoms with Crippen molar-refractivity contribution in [3.63, 3.8) is 0 Å². The Hall–Kier alpha value is -0.450. The van der Waals surface area contributed by atoms with E-state index in [-0.39, 0.29) is 6.42 Å². The minimum atomic E-state index is -3.23. The highest BCUT2D eigenvalue weighted by molar-refractivity contribution is 7.70. The van der Waals surface area contributed by atoms with Gasteiger partial charge in [0.2, 0.25) is 10.9 Å². The maximum Gasteiger partial charge on any atom is 0.285 e. The van der Waals surface area contributed by atoms with Crippen LogP contribution in [-0.4, -0.2) is 101 Å². The second kappa shape index (κ2) is 8.49. The standard InChI is InChI=1S/C12H23NO11S/c14-3-6-1-5(16)2-12(19,23-6)24-11-8(13-25(20)21)10(18)9(17)7(4-15)22-11/h5-11,14-19,25H,1-4H2,(H,13,20,21)/t5-,6-,7+,8+,9+,10+,11?,12?/m0/s1. The van der Waals surface area contributed by atoms with Crippen molar-refractivity contribution in [3.05, 3.63) is 0 Å². The monoisotopic (exact) mass is 389 g/mol. The summed E-state index contributed by atoms with van der Waals surface area (Å²) >= 11 is 0. The van der Waals surface area contributed by atoms with E-state index in [0.717, 1.165) is 0 Å². The lowest BCUT2D eigenvalue weighted by atomic mass is 9.97. The third-order valence-electron chi connectivity index (χ3n) is 4.02. The molecule has 2 fully saturated rings. The van der Waals surface area contributed by atoms with Crippen molar-refractivity contribution in [2.75, 3.05) is 13.2 Å². The lowest BCUT2D eigenvalue weighted by molar-refractivity contribution is -0.449. The van der Waals surface area contributed by atoms with Crippen LogP contribution in [0.3, 0.4) is 0 Å². The molecule has 25 heavy (non-hydrogen) atoms. The molecule has 7 N–H and O–H groups in total. The summed E-state index contributed by atoms with van der Waals surface area (Å²) < 4.78 is 39.4. The fourth-order valence-corrected chi connectivity index (χ4v) is 3.37. The Balaban J connectivity index is 2.19. The van der Waals surface area contributed by atoms with Crippen molar-refractivity contribution < 1.29 is 53.3 Å². The number of ether oxygens (including phenoxy) is 3. The minimum absolute atomic E-state index is 0.0440. The van der Waals surface area contributed by atoms with Crippen LogP contribution in [0.1, 0.15) is 12.8 Å². The molecule has 2 unspecified atom stereocenters. The molecule has 0 radical (unpaired) electrons. The molecular weight excluding hydrogens is 366 g/mol. The first kappa shape index (κ1) is 20.9. The van der Waals surface area contributed by atoms with Crippen LogP contribution >= 0.6 is 0 Å². The average Bonchev–Trinajstić information content (AvgIpc) is 2.52. The first-order valence-electron chi connectivity index (χ1n) is 7.59. The second-order valence-electron chi connectivity index (χ2n) is 5.97. The van der Waals surface area contributed by atoms with Gasteiger partial charge in [0, 0.05) is 6.42 Å². The molecule has 2 rings (SSSR count). The SMILES string of the molecule is O=[SH](=O)N[C@H]1C(OC2(O)C[C@@H](O)C[C@@H](CO)O2)O[C@H](CO)[C@@H](O)[C@@H]1O. The van der Waals surface area contributed by atoms with Crippen molar-refractivity contribution in [1.82, 2.24) is 4.72 Å². The van der Waals surface area contributed by atoms with Crippen LogP contribution < -0.4 is 4.72 Å². The molecule has 0 aromatic heterocycles. The molecule has 2 heterocycles. The number of hydrogen-bond acceptors (Lipinski definition) is 11. The number of aliphatic hydroxyl groups is 6. The number of nitrogens with one attached hydrogen (secondary N) is 1. The van der Waals surface area contributed by atoms with E-state index in [4.69, 9.17) is 19.3 Å². The zero-order valence-electron chi connectivity index (χ0n) is 13.0. The molecule has 2 aliphatic heterocycles. The van der Waals surface area contributed by atoms with Crippen molar-refractivity contribution in [2.45, 2.75) is 61.7 Å². The molecule has 0 aromatic rings. The van der Waals surface area contributed by atoms with Crippen LogP contribution in [0.15, 0.2) is 0 Å². The van der Waals surface area contributed by atoms with Gasteiger partial charge in [-0.25, -0.2) is 13.1 Å². The maximum atomic E-state index is 10.9. The number of hydrogen-bond donors (Lipinski definition) is 8. The van der Waals surface area contributed by atoms with Gasteiger partial charge in [-0.15, -0.1) is 0 Å². The second-order valence-corrected chi connectivity index (χ2v) is 6.74. The summed E-state index contributed by atoms with van der Waals surface area (Å²) in [6.45, 7) is -1.22. The quantitative estimate of drug-likeness (QED) is 0.160. The van der Waals surface area contributed by atoms with Crippen LogP contribution in [0, 0.1) is 0 Å². The molecule has 0 aromatic carbocycles. The average molecular weight is 389 g/mol. The first-order chi connectivity index (χ1) is 11.7. The van der Waals surface area contributed by atoms with Gasteiger partial charge in [-0.1, -0.05) is 0 Å². The van der Waals surface area contributed by atoms with Crippen LogP contribution in [-0.2, 0) is 25.1 Å². The van der Waals surface area contributed by atoms with Gasteiger partial charge >= 0.3 is 0 Å². The van der Waals surface area contributed by atoms with Gasteiger partial charge in [0.25, 0.3) is 5.97 Å². The molecule has 0 spiro atoms. The Morgan fingerprint density at radius 3 is 2.40 bits per heavy atom. The fraction of sp³-hybridized carbons (Fsp3) is 1.00. The van der Waals surface area contributed by atoms with E-state index in [9.17, 15) is 34.0 Å². The van der Waals surface area contributed by atoms with Crippen molar-refractivity contribution >= 4 is 10.9 Å². The maximum absolute atomic E-state index is 10.9. The summed E-state index contributed by atoms with van der Waals surface area (Å²) in [4.78, 5) is 0. The molecule has 2 saturated heterocycles. The molecule has 2 aliphatic rings. The molecule has 8 atom stereocenters. The van der Waals surface area contributed by atoms with Crippen molar-refractivity contribution in [1.29, 1.82) is 0 Å². The van der Waals surface area contributed by atoms with Crippen LogP contribution in [0.25, 0.3) is 0 Å². The molecule has 0 saturated carbocycles. The summed E-state index contributed by atoms with van der Waals surface area (Å²) in [6.07, 6.45) is -8.70. The molecule has 12 nitrogen and oxygen atoms in total. The molecule has 13 heteroatoms. The Kier molecular flexibility index (Phi) is 7.09. The smallest absolute Gasteiger partial charge is 0.285 e. The van der Waals surface area contributed by atoms with E-state index < -0.39 is 79.3 Å². The Morgan fingerprint density at radius 2 is 1.84 bits per heavy atom. The third kappa shape index (κ3) is 5.05. The fourth-order valence-electron chi connectivity index (χ4n) is 2.85. The number of thiol groups is 1. The number of rotatable bonds is 6. The van der Waals surface area contributed by atoms with Crippen molar-refractivity contribution in [2.24, 2.45) is 0 Å². The zero-order chi connectivity index (χ0) is 18.8. The van der Waals surface area contributed by atoms with Gasteiger partial charge < -0.3 is 40.1 Å². The Bertz CT molecular complexity index is 511. The summed E-state index contributed by atoms with van der Waals surface area (Å²) in [7, 11) is -3.23. The van der Waals surface area contributed by atoms with Crippen LogP contribution in [0.4, 0.5) is 0 Å². The first-order valence-corrected chi connectivity index (χ1v) is 8.76. The van der Waals surface area contributed by atoms with E-state index in [0.29, 0.717) is 0 Å². The summed E-state index contributed by atoms with van der Waals surface area (Å²) in [5.74, 6) is -2.44. The van der Waals surface area contributed by atoms with Gasteiger partial charge in [0.15, 0.2) is 6.29 Å². The molecule has 148 valence electrons. The predicted octanol–water partition coefficient (Wildman–Crippen LogP) is -4.90. The van der Waals surface area contributed by atoms with E-state index in [1.165, 1.54) is 0 Å². The predicted molar refractivity (Wildman–Crippen MR) is 78.2 cm³/mol. The summed E-state index contributed by atoms with van der Waals surface area (Å²) in [6, 6.07) is -1.52.